The number of hydrogen-bond acceptors (Lipinski definition) is 7. The minimum Gasteiger partial charge on any atom is -0.426 e. The zero-order valence-corrected chi connectivity index (χ0v) is 15.4. The summed E-state index contributed by atoms with van der Waals surface area (Å²) in [4.78, 5) is 16.3. The molecular formula is C21H14N4O2S. The first kappa shape index (κ1) is 19.0. The van der Waals surface area contributed by atoms with Crippen molar-refractivity contribution in [1.82, 2.24) is 4.98 Å². The molecule has 136 valence electrons. The molecule has 6 nitrogen and oxygen atoms in total. The molecule has 0 saturated heterocycles. The summed E-state index contributed by atoms with van der Waals surface area (Å²) in [7, 11) is 0. The van der Waals surface area contributed by atoms with Gasteiger partial charge in [0.25, 0.3) is 0 Å². The average Bonchev–Trinajstić information content (AvgIpc) is 2.73. The monoisotopic (exact) mass is 386 g/mol. The smallest absolute Gasteiger partial charge is 0.321 e. The number of nitrogen functional groups attached to an aromatic ring is 1. The number of para-hydroxylation sites is 1. The third-order valence-electron chi connectivity index (χ3n) is 3.78. The van der Waals surface area contributed by atoms with Gasteiger partial charge in [0.2, 0.25) is 0 Å². The zero-order valence-electron chi connectivity index (χ0n) is 14.6. The first-order valence-electron chi connectivity index (χ1n) is 8.21. The van der Waals surface area contributed by atoms with Crippen LogP contribution in [0.4, 0.5) is 5.82 Å². The van der Waals surface area contributed by atoms with E-state index in [1.807, 2.05) is 18.2 Å². The summed E-state index contributed by atoms with van der Waals surface area (Å²) in [6.45, 7) is 0. The van der Waals surface area contributed by atoms with Crippen molar-refractivity contribution in [3.05, 3.63) is 71.8 Å². The van der Waals surface area contributed by atoms with E-state index in [2.05, 4.69) is 11.1 Å². The number of benzene rings is 2. The maximum atomic E-state index is 12.1. The molecule has 2 aromatic carbocycles. The molecule has 0 amide bonds. The summed E-state index contributed by atoms with van der Waals surface area (Å²) in [6, 6.07) is 21.8. The van der Waals surface area contributed by atoms with Crippen molar-refractivity contribution in [3.63, 3.8) is 0 Å². The predicted molar refractivity (Wildman–Crippen MR) is 106 cm³/mol. The molecule has 1 heterocycles. The van der Waals surface area contributed by atoms with Crippen molar-refractivity contribution >= 4 is 23.5 Å². The lowest BCUT2D eigenvalue weighted by molar-refractivity contribution is -0.131. The van der Waals surface area contributed by atoms with Crippen LogP contribution in [0.5, 0.6) is 5.75 Å². The second-order valence-electron chi connectivity index (χ2n) is 5.59. The zero-order chi connectivity index (χ0) is 19.9. The molecule has 0 radical (unpaired) electrons. The molecule has 3 aromatic rings. The van der Waals surface area contributed by atoms with E-state index < -0.39 is 5.97 Å². The fraction of sp³-hybridized carbons (Fsp3) is 0.0476. The van der Waals surface area contributed by atoms with Crippen LogP contribution in [0.25, 0.3) is 11.1 Å². The largest absolute Gasteiger partial charge is 0.426 e. The second-order valence-corrected chi connectivity index (χ2v) is 6.56. The van der Waals surface area contributed by atoms with E-state index in [4.69, 9.17) is 10.5 Å². The van der Waals surface area contributed by atoms with Gasteiger partial charge in [0.05, 0.1) is 11.3 Å². The lowest BCUT2D eigenvalue weighted by Gasteiger charge is -2.12. The van der Waals surface area contributed by atoms with Gasteiger partial charge in [-0.1, -0.05) is 60.3 Å². The average molecular weight is 386 g/mol. The van der Waals surface area contributed by atoms with Gasteiger partial charge < -0.3 is 10.5 Å². The molecule has 0 fully saturated rings. The van der Waals surface area contributed by atoms with E-state index in [1.165, 1.54) is 0 Å². The van der Waals surface area contributed by atoms with Gasteiger partial charge >= 0.3 is 5.97 Å². The van der Waals surface area contributed by atoms with Gasteiger partial charge in [-0.05, 0) is 17.7 Å². The van der Waals surface area contributed by atoms with Crippen molar-refractivity contribution in [1.29, 1.82) is 10.5 Å². The first-order chi connectivity index (χ1) is 13.6. The number of aromatic nitrogens is 1. The Labute approximate surface area is 166 Å². The minimum atomic E-state index is -0.480. The third kappa shape index (κ3) is 4.12. The molecule has 0 aliphatic heterocycles. The normalized spacial score (nSPS) is 9.93. The first-order valence-corrected chi connectivity index (χ1v) is 9.20. The molecule has 0 unspecified atom stereocenters. The highest BCUT2D eigenvalue weighted by molar-refractivity contribution is 7.99. The number of thioether (sulfide) groups is 1. The fourth-order valence-corrected chi connectivity index (χ4v) is 3.34. The number of rotatable bonds is 5. The van der Waals surface area contributed by atoms with Crippen molar-refractivity contribution in [3.8, 4) is 29.0 Å². The van der Waals surface area contributed by atoms with Crippen LogP contribution in [0.15, 0.2) is 65.7 Å². The molecule has 2 N–H and O–H groups in total. The number of esters is 1. The molecule has 0 spiro atoms. The Morgan fingerprint density at radius 1 is 1.00 bits per heavy atom. The van der Waals surface area contributed by atoms with Crippen molar-refractivity contribution < 1.29 is 9.53 Å². The van der Waals surface area contributed by atoms with Crippen LogP contribution >= 0.6 is 11.8 Å². The maximum absolute atomic E-state index is 12.1. The highest BCUT2D eigenvalue weighted by atomic mass is 32.2. The quantitative estimate of drug-likeness (QED) is 0.403. The van der Waals surface area contributed by atoms with Crippen LogP contribution in [0.1, 0.15) is 11.1 Å². The highest BCUT2D eigenvalue weighted by Crippen LogP contribution is 2.35. The summed E-state index contributed by atoms with van der Waals surface area (Å²) in [5.74, 6) is -0.0906. The number of nitrogens with zero attached hydrogens (tertiary/aromatic N) is 3. The Hall–Kier alpha value is -3.81. The maximum Gasteiger partial charge on any atom is 0.321 e. The topological polar surface area (TPSA) is 113 Å². The van der Waals surface area contributed by atoms with E-state index in [0.717, 1.165) is 11.8 Å². The molecule has 3 rings (SSSR count). The number of carbonyl (C=O) groups excluding carboxylic acids is 1. The molecule has 7 heteroatoms. The number of carbonyl (C=O) groups is 1. The summed E-state index contributed by atoms with van der Waals surface area (Å²) in [5, 5.41) is 19.5. The lowest BCUT2D eigenvalue weighted by Crippen LogP contribution is -2.11. The highest BCUT2D eigenvalue weighted by Gasteiger charge is 2.21. The third-order valence-corrected chi connectivity index (χ3v) is 4.73. The molecular weight excluding hydrogens is 372 g/mol. The van der Waals surface area contributed by atoms with Gasteiger partial charge in [-0.15, -0.1) is 0 Å². The number of anilines is 1. The Balaban J connectivity index is 1.92. The number of ether oxygens (including phenoxy) is 1. The Bertz CT molecular complexity index is 1090. The van der Waals surface area contributed by atoms with Gasteiger partial charge in [0.15, 0.2) is 0 Å². The number of nitriles is 2. The standard InChI is InChI=1S/C21H14N4O2S/c22-11-16-19(14-7-3-1-4-8-14)17(12-23)21(25-20(16)24)28-13-18(26)27-15-9-5-2-6-10-15/h1-10H,13H2,(H2,24,25). The number of pyridine rings is 1. The molecule has 0 atom stereocenters. The van der Waals surface area contributed by atoms with Crippen LogP contribution in [0.2, 0.25) is 0 Å². The summed E-state index contributed by atoms with van der Waals surface area (Å²) < 4.78 is 5.25. The van der Waals surface area contributed by atoms with Gasteiger partial charge in [-0.2, -0.15) is 10.5 Å². The lowest BCUT2D eigenvalue weighted by atomic mass is 9.97. The van der Waals surface area contributed by atoms with Crippen LogP contribution in [-0.2, 0) is 4.79 Å². The molecule has 0 aliphatic rings. The molecule has 0 saturated carbocycles. The predicted octanol–water partition coefficient (Wildman–Crippen LogP) is 3.77. The Kier molecular flexibility index (Phi) is 5.91. The van der Waals surface area contributed by atoms with E-state index in [-0.39, 0.29) is 27.7 Å². The van der Waals surface area contributed by atoms with Crippen LogP contribution in [0.3, 0.4) is 0 Å². The SMILES string of the molecule is N#Cc1c(N)nc(SCC(=O)Oc2ccccc2)c(C#N)c1-c1ccccc1. The van der Waals surface area contributed by atoms with Crippen molar-refractivity contribution in [2.45, 2.75) is 5.03 Å². The van der Waals surface area contributed by atoms with Gasteiger partial charge in [0, 0.05) is 5.56 Å². The van der Waals surface area contributed by atoms with E-state index in [9.17, 15) is 15.3 Å². The molecule has 1 aromatic heterocycles. The summed E-state index contributed by atoms with van der Waals surface area (Å²) in [6.07, 6.45) is 0. The Morgan fingerprint density at radius 3 is 2.21 bits per heavy atom. The van der Waals surface area contributed by atoms with Crippen LogP contribution < -0.4 is 10.5 Å². The summed E-state index contributed by atoms with van der Waals surface area (Å²) >= 11 is 1.04. The molecule has 0 aliphatic carbocycles. The minimum absolute atomic E-state index is 0.0132. The van der Waals surface area contributed by atoms with Crippen molar-refractivity contribution in [2.75, 3.05) is 11.5 Å². The van der Waals surface area contributed by atoms with Crippen molar-refractivity contribution in [2.24, 2.45) is 0 Å². The number of hydrogen-bond donors (Lipinski definition) is 1. The Morgan fingerprint density at radius 2 is 1.61 bits per heavy atom. The molecule has 28 heavy (non-hydrogen) atoms. The van der Waals surface area contributed by atoms with Gasteiger partial charge in [-0.3, -0.25) is 4.79 Å². The second kappa shape index (κ2) is 8.72. The molecule has 0 bridgehead atoms. The summed E-state index contributed by atoms with van der Waals surface area (Å²) in [5.41, 5.74) is 7.39. The van der Waals surface area contributed by atoms with E-state index >= 15 is 0 Å². The van der Waals surface area contributed by atoms with E-state index in [0.29, 0.717) is 16.9 Å². The van der Waals surface area contributed by atoms with Crippen LogP contribution in [0, 0.1) is 22.7 Å². The van der Waals surface area contributed by atoms with Crippen LogP contribution in [-0.4, -0.2) is 16.7 Å². The van der Waals surface area contributed by atoms with Gasteiger partial charge in [0.1, 0.15) is 34.3 Å². The van der Waals surface area contributed by atoms with Gasteiger partial charge in [-0.25, -0.2) is 4.98 Å². The van der Waals surface area contributed by atoms with E-state index in [1.54, 1.807) is 48.5 Å². The number of nitrogens with two attached hydrogens (primary N) is 1. The fourth-order valence-electron chi connectivity index (χ4n) is 2.57.